The number of fused-ring (bicyclic) bond motifs is 1. The highest BCUT2D eigenvalue weighted by Gasteiger charge is 2.30. The van der Waals surface area contributed by atoms with Crippen LogP contribution < -0.4 is 0 Å². The molecule has 0 radical (unpaired) electrons. The van der Waals surface area contributed by atoms with Gasteiger partial charge in [-0.15, -0.1) is 0 Å². The van der Waals surface area contributed by atoms with Gasteiger partial charge in [0.25, 0.3) is 0 Å². The van der Waals surface area contributed by atoms with Crippen LogP contribution in [0.2, 0.25) is 0 Å². The molecule has 2 nitrogen and oxygen atoms in total. The molecule has 2 aliphatic rings. The lowest BCUT2D eigenvalue weighted by atomic mass is 9.83. The van der Waals surface area contributed by atoms with E-state index in [1.165, 1.54) is 43.2 Å². The molecule has 1 aromatic rings. The van der Waals surface area contributed by atoms with Crippen LogP contribution in [0.4, 0.5) is 0 Å². The van der Waals surface area contributed by atoms with Gasteiger partial charge in [0, 0.05) is 4.47 Å². The minimum Gasteiger partial charge on any atom is -0.481 e. The molecular weight excluding hydrogens is 304 g/mol. The van der Waals surface area contributed by atoms with Crippen molar-refractivity contribution in [1.29, 1.82) is 0 Å². The third-order valence-corrected chi connectivity index (χ3v) is 5.37. The van der Waals surface area contributed by atoms with E-state index >= 15 is 0 Å². The summed E-state index contributed by atoms with van der Waals surface area (Å²) >= 11 is 3.67. The second-order valence-electron chi connectivity index (χ2n) is 5.84. The van der Waals surface area contributed by atoms with Gasteiger partial charge in [0.2, 0.25) is 0 Å². The lowest BCUT2D eigenvalue weighted by Crippen LogP contribution is -2.09. The number of hydrogen-bond donors (Lipinski definition) is 1. The summed E-state index contributed by atoms with van der Waals surface area (Å²) in [6.07, 6.45) is 8.24. The summed E-state index contributed by atoms with van der Waals surface area (Å²) in [6.45, 7) is 0. The molecule has 1 unspecified atom stereocenters. The molecule has 1 atom stereocenters. The fourth-order valence-electron chi connectivity index (χ4n) is 3.63. The van der Waals surface area contributed by atoms with Crippen LogP contribution in [0.1, 0.15) is 67.1 Å². The van der Waals surface area contributed by atoms with E-state index in [2.05, 4.69) is 28.1 Å². The Labute approximate surface area is 122 Å². The van der Waals surface area contributed by atoms with E-state index in [1.807, 2.05) is 0 Å². The van der Waals surface area contributed by atoms with Gasteiger partial charge in [-0.25, -0.2) is 0 Å². The maximum atomic E-state index is 11.2. The molecule has 1 N–H and O–H groups in total. The smallest absolute Gasteiger partial charge is 0.310 e. The lowest BCUT2D eigenvalue weighted by molar-refractivity contribution is -0.138. The average Bonchev–Trinajstić information content (AvgIpc) is 2.81. The van der Waals surface area contributed by atoms with E-state index in [-0.39, 0.29) is 5.92 Å². The number of hydrogen-bond acceptors (Lipinski definition) is 1. The summed E-state index contributed by atoms with van der Waals surface area (Å²) in [5.74, 6) is -0.319. The molecule has 102 valence electrons. The first-order chi connectivity index (χ1) is 9.16. The van der Waals surface area contributed by atoms with Crippen LogP contribution in [0.25, 0.3) is 0 Å². The monoisotopic (exact) mass is 322 g/mol. The summed E-state index contributed by atoms with van der Waals surface area (Å²) in [5, 5.41) is 9.25. The molecule has 19 heavy (non-hydrogen) atoms. The fraction of sp³-hybridized carbons (Fsp3) is 0.562. The Morgan fingerprint density at radius 3 is 2.53 bits per heavy atom. The predicted octanol–water partition coefficient (Wildman–Crippen LogP) is 4.61. The molecule has 0 bridgehead atoms. The molecule has 3 rings (SSSR count). The highest BCUT2D eigenvalue weighted by Crippen LogP contribution is 2.42. The highest BCUT2D eigenvalue weighted by atomic mass is 79.9. The molecule has 2 aliphatic carbocycles. The van der Waals surface area contributed by atoms with Gasteiger partial charge < -0.3 is 5.11 Å². The average molecular weight is 323 g/mol. The number of benzene rings is 1. The van der Waals surface area contributed by atoms with Crippen molar-refractivity contribution in [3.8, 4) is 0 Å². The number of carboxylic acids is 1. The van der Waals surface area contributed by atoms with Crippen LogP contribution >= 0.6 is 15.9 Å². The molecule has 1 saturated carbocycles. The molecular formula is C16H19BrO2. The summed E-state index contributed by atoms with van der Waals surface area (Å²) in [5.41, 5.74) is 3.69. The Morgan fingerprint density at radius 2 is 1.84 bits per heavy atom. The fourth-order valence-corrected chi connectivity index (χ4v) is 4.32. The third-order valence-electron chi connectivity index (χ3n) is 4.68. The second kappa shape index (κ2) is 5.28. The van der Waals surface area contributed by atoms with Crippen molar-refractivity contribution in [2.75, 3.05) is 0 Å². The molecule has 0 heterocycles. The van der Waals surface area contributed by atoms with Crippen LogP contribution in [-0.2, 0) is 11.2 Å². The van der Waals surface area contributed by atoms with Gasteiger partial charge in [-0.05, 0) is 54.4 Å². The van der Waals surface area contributed by atoms with E-state index in [0.717, 1.165) is 22.9 Å². The number of carbonyl (C=O) groups is 1. The number of aryl methyl sites for hydroxylation is 1. The van der Waals surface area contributed by atoms with Gasteiger partial charge in [0.05, 0.1) is 5.92 Å². The van der Waals surface area contributed by atoms with Crippen molar-refractivity contribution in [3.63, 3.8) is 0 Å². The number of halogens is 1. The van der Waals surface area contributed by atoms with Crippen molar-refractivity contribution < 1.29 is 9.90 Å². The first-order valence-corrected chi connectivity index (χ1v) is 8.01. The van der Waals surface area contributed by atoms with E-state index in [4.69, 9.17) is 0 Å². The number of carboxylic acid groups (broad SMARTS) is 1. The van der Waals surface area contributed by atoms with Crippen LogP contribution in [0, 0.1) is 0 Å². The number of aliphatic carboxylic acids is 1. The first-order valence-electron chi connectivity index (χ1n) is 7.22. The molecule has 0 aromatic heterocycles. The Hall–Kier alpha value is -0.830. The maximum absolute atomic E-state index is 11.2. The van der Waals surface area contributed by atoms with Crippen LogP contribution in [0.5, 0.6) is 0 Å². The van der Waals surface area contributed by atoms with Gasteiger partial charge in [0.15, 0.2) is 0 Å². The Kier molecular flexibility index (Phi) is 3.66. The van der Waals surface area contributed by atoms with Crippen molar-refractivity contribution in [2.45, 2.75) is 56.8 Å². The largest absolute Gasteiger partial charge is 0.481 e. The van der Waals surface area contributed by atoms with Crippen LogP contribution in [0.15, 0.2) is 16.6 Å². The minimum atomic E-state index is -0.684. The summed E-state index contributed by atoms with van der Waals surface area (Å²) in [7, 11) is 0. The first kappa shape index (κ1) is 13.2. The summed E-state index contributed by atoms with van der Waals surface area (Å²) in [6, 6.07) is 4.35. The third kappa shape index (κ3) is 2.45. The van der Waals surface area contributed by atoms with Crippen molar-refractivity contribution in [1.82, 2.24) is 0 Å². The van der Waals surface area contributed by atoms with Gasteiger partial charge in [0.1, 0.15) is 0 Å². The maximum Gasteiger partial charge on any atom is 0.310 e. The Morgan fingerprint density at radius 1 is 1.11 bits per heavy atom. The molecule has 1 fully saturated rings. The topological polar surface area (TPSA) is 37.3 Å². The molecule has 1 aromatic carbocycles. The van der Waals surface area contributed by atoms with Gasteiger partial charge >= 0.3 is 5.97 Å². The molecule has 0 aliphatic heterocycles. The van der Waals surface area contributed by atoms with E-state index in [9.17, 15) is 9.90 Å². The van der Waals surface area contributed by atoms with E-state index in [1.54, 1.807) is 0 Å². The Balaban J connectivity index is 1.94. The van der Waals surface area contributed by atoms with Crippen molar-refractivity contribution in [3.05, 3.63) is 33.3 Å². The lowest BCUT2D eigenvalue weighted by Gasteiger charge is -2.24. The zero-order valence-electron chi connectivity index (χ0n) is 11.0. The summed E-state index contributed by atoms with van der Waals surface area (Å²) in [4.78, 5) is 11.2. The zero-order chi connectivity index (χ0) is 13.4. The standard InChI is InChI=1S/C16H19BrO2/c17-15-9-13-11(6-7-12(13)16(18)19)8-14(15)10-4-2-1-3-5-10/h8-10,12H,1-7H2,(H,18,19). The van der Waals surface area contributed by atoms with E-state index in [0.29, 0.717) is 5.92 Å². The number of rotatable bonds is 2. The minimum absolute atomic E-state index is 0.299. The molecule has 3 heteroatoms. The molecule has 0 spiro atoms. The highest BCUT2D eigenvalue weighted by molar-refractivity contribution is 9.10. The van der Waals surface area contributed by atoms with Gasteiger partial charge in [-0.2, -0.15) is 0 Å². The molecule has 0 amide bonds. The zero-order valence-corrected chi connectivity index (χ0v) is 12.6. The normalized spacial score (nSPS) is 23.3. The van der Waals surface area contributed by atoms with Gasteiger partial charge in [-0.1, -0.05) is 41.3 Å². The van der Waals surface area contributed by atoms with Crippen LogP contribution in [-0.4, -0.2) is 11.1 Å². The predicted molar refractivity (Wildman–Crippen MR) is 78.7 cm³/mol. The van der Waals surface area contributed by atoms with E-state index < -0.39 is 5.97 Å². The second-order valence-corrected chi connectivity index (χ2v) is 6.69. The van der Waals surface area contributed by atoms with Crippen molar-refractivity contribution >= 4 is 21.9 Å². The van der Waals surface area contributed by atoms with Gasteiger partial charge in [-0.3, -0.25) is 4.79 Å². The quantitative estimate of drug-likeness (QED) is 0.863. The summed E-state index contributed by atoms with van der Waals surface area (Å²) < 4.78 is 1.12. The van der Waals surface area contributed by atoms with Crippen molar-refractivity contribution in [2.24, 2.45) is 0 Å². The van der Waals surface area contributed by atoms with Crippen LogP contribution in [0.3, 0.4) is 0 Å². The molecule has 0 saturated heterocycles. The SMILES string of the molecule is O=C(O)C1CCc2cc(C3CCCCC3)c(Br)cc21. The Bertz CT molecular complexity index is 504.